The van der Waals surface area contributed by atoms with E-state index in [1.165, 1.54) is 24.0 Å². The Balaban J connectivity index is 1.33. The third kappa shape index (κ3) is 5.10. The first kappa shape index (κ1) is 24.3. The van der Waals surface area contributed by atoms with Crippen LogP contribution in [0.2, 0.25) is 0 Å². The van der Waals surface area contributed by atoms with Crippen LogP contribution in [0.1, 0.15) is 68.2 Å². The van der Waals surface area contributed by atoms with E-state index < -0.39 is 6.09 Å². The zero-order valence-corrected chi connectivity index (χ0v) is 21.0. The summed E-state index contributed by atoms with van der Waals surface area (Å²) in [6.07, 6.45) is 3.57. The summed E-state index contributed by atoms with van der Waals surface area (Å²) in [5.41, 5.74) is 4.34. The number of hydrogen-bond acceptors (Lipinski definition) is 3. The number of rotatable bonds is 5. The molecule has 0 radical (unpaired) electrons. The van der Waals surface area contributed by atoms with Crippen LogP contribution in [-0.4, -0.2) is 64.7 Å². The van der Waals surface area contributed by atoms with Gasteiger partial charge >= 0.3 is 6.09 Å². The van der Waals surface area contributed by atoms with E-state index in [9.17, 15) is 14.3 Å². The summed E-state index contributed by atoms with van der Waals surface area (Å²) in [5.74, 6) is 0.281. The monoisotopic (exact) mass is 479 g/mol. The SMILES string of the molecule is CC(C)c1ccccc1C1CN(Cc2ccc(F)cc2)CCN1C1CC2(CCN(C(=O)O)CC2)C1. The van der Waals surface area contributed by atoms with Crippen LogP contribution in [0.25, 0.3) is 0 Å². The van der Waals surface area contributed by atoms with Gasteiger partial charge < -0.3 is 10.0 Å². The minimum atomic E-state index is -0.779. The van der Waals surface area contributed by atoms with Crippen molar-refractivity contribution in [1.29, 1.82) is 0 Å². The lowest BCUT2D eigenvalue weighted by Crippen LogP contribution is -2.60. The fourth-order valence-electron chi connectivity index (χ4n) is 6.65. The van der Waals surface area contributed by atoms with Crippen LogP contribution in [0.5, 0.6) is 0 Å². The molecule has 2 aliphatic heterocycles. The van der Waals surface area contributed by atoms with Gasteiger partial charge in [0.25, 0.3) is 0 Å². The van der Waals surface area contributed by atoms with Gasteiger partial charge in [-0.25, -0.2) is 9.18 Å². The molecule has 2 aromatic carbocycles. The molecule has 1 unspecified atom stereocenters. The quantitative estimate of drug-likeness (QED) is 0.595. The molecule has 1 atom stereocenters. The first-order chi connectivity index (χ1) is 16.8. The van der Waals surface area contributed by atoms with Crippen molar-refractivity contribution in [2.24, 2.45) is 5.41 Å². The zero-order chi connectivity index (χ0) is 24.6. The van der Waals surface area contributed by atoms with E-state index in [2.05, 4.69) is 47.9 Å². The van der Waals surface area contributed by atoms with Crippen LogP contribution in [0.3, 0.4) is 0 Å². The smallest absolute Gasteiger partial charge is 0.407 e. The molecular weight excluding hydrogens is 441 g/mol. The maximum atomic E-state index is 13.4. The van der Waals surface area contributed by atoms with Gasteiger partial charge in [-0.05, 0) is 65.8 Å². The minimum Gasteiger partial charge on any atom is -0.465 e. The van der Waals surface area contributed by atoms with Crippen molar-refractivity contribution in [3.8, 4) is 0 Å². The number of hydrogen-bond donors (Lipinski definition) is 1. The average Bonchev–Trinajstić information content (AvgIpc) is 2.84. The summed E-state index contributed by atoms with van der Waals surface area (Å²) in [7, 11) is 0. The number of piperidine rings is 1. The molecule has 2 saturated heterocycles. The fraction of sp³-hybridized carbons (Fsp3) is 0.552. The molecule has 1 aliphatic carbocycles. The number of halogens is 1. The maximum absolute atomic E-state index is 13.4. The molecule has 2 heterocycles. The van der Waals surface area contributed by atoms with E-state index in [0.29, 0.717) is 36.5 Å². The second-order valence-corrected chi connectivity index (χ2v) is 11.2. The van der Waals surface area contributed by atoms with E-state index in [0.717, 1.165) is 44.6 Å². The molecule has 1 saturated carbocycles. The van der Waals surface area contributed by atoms with Crippen LogP contribution in [-0.2, 0) is 6.54 Å². The number of piperazine rings is 1. The van der Waals surface area contributed by atoms with Crippen molar-refractivity contribution in [3.05, 3.63) is 71.0 Å². The zero-order valence-electron chi connectivity index (χ0n) is 21.0. The van der Waals surface area contributed by atoms with E-state index in [1.807, 2.05) is 12.1 Å². The third-order valence-electron chi connectivity index (χ3n) is 8.70. The van der Waals surface area contributed by atoms with Gasteiger partial charge in [0, 0.05) is 51.4 Å². The molecule has 2 aromatic rings. The Hall–Kier alpha value is -2.44. The van der Waals surface area contributed by atoms with Gasteiger partial charge in [-0.1, -0.05) is 50.2 Å². The normalized spacial score (nSPS) is 23.5. The molecular formula is C29H38FN3O2. The topological polar surface area (TPSA) is 47.0 Å². The van der Waals surface area contributed by atoms with Crippen molar-refractivity contribution < 1.29 is 14.3 Å². The Morgan fingerprint density at radius 1 is 1.03 bits per heavy atom. The lowest BCUT2D eigenvalue weighted by Gasteiger charge is -2.58. The van der Waals surface area contributed by atoms with Gasteiger partial charge in [0.05, 0.1) is 0 Å². The number of nitrogens with zero attached hydrogens (tertiary/aromatic N) is 3. The third-order valence-corrected chi connectivity index (χ3v) is 8.70. The van der Waals surface area contributed by atoms with E-state index >= 15 is 0 Å². The summed E-state index contributed by atoms with van der Waals surface area (Å²) < 4.78 is 13.4. The number of benzene rings is 2. The minimum absolute atomic E-state index is 0.185. The molecule has 5 nitrogen and oxygen atoms in total. The van der Waals surface area contributed by atoms with Gasteiger partial charge in [0.1, 0.15) is 5.82 Å². The first-order valence-corrected chi connectivity index (χ1v) is 13.1. The van der Waals surface area contributed by atoms with Crippen molar-refractivity contribution in [3.63, 3.8) is 0 Å². The highest BCUT2D eigenvalue weighted by molar-refractivity contribution is 5.65. The predicted molar refractivity (Wildman–Crippen MR) is 136 cm³/mol. The Morgan fingerprint density at radius 2 is 1.71 bits per heavy atom. The van der Waals surface area contributed by atoms with E-state index in [-0.39, 0.29) is 5.82 Å². The molecule has 5 rings (SSSR count). The van der Waals surface area contributed by atoms with Gasteiger partial charge in [-0.15, -0.1) is 0 Å². The molecule has 1 spiro atoms. The Kier molecular flexibility index (Phi) is 6.86. The van der Waals surface area contributed by atoms with Gasteiger partial charge in [-0.3, -0.25) is 9.80 Å². The molecule has 3 aliphatic rings. The largest absolute Gasteiger partial charge is 0.465 e. The highest BCUT2D eigenvalue weighted by atomic mass is 19.1. The number of carbonyl (C=O) groups is 1. The van der Waals surface area contributed by atoms with Crippen molar-refractivity contribution in [2.45, 2.75) is 64.1 Å². The molecule has 0 aromatic heterocycles. The lowest BCUT2D eigenvalue weighted by atomic mass is 9.59. The molecule has 188 valence electrons. The van der Waals surface area contributed by atoms with Crippen LogP contribution in [0, 0.1) is 11.2 Å². The summed E-state index contributed by atoms with van der Waals surface area (Å²) in [6.45, 7) is 9.74. The standard InChI is InChI=1S/C29H38FN3O2/c1-21(2)25-5-3-4-6-26(25)27-20-31(19-22-7-9-23(30)10-8-22)15-16-33(27)24-17-29(18-24)11-13-32(14-12-29)28(34)35/h3-10,21,24,27H,11-20H2,1-2H3,(H,34,35). The average molecular weight is 480 g/mol. The van der Waals surface area contributed by atoms with E-state index in [4.69, 9.17) is 0 Å². The fourth-order valence-corrected chi connectivity index (χ4v) is 6.65. The summed E-state index contributed by atoms with van der Waals surface area (Å²) in [6, 6.07) is 16.7. The van der Waals surface area contributed by atoms with Crippen LogP contribution in [0.15, 0.2) is 48.5 Å². The van der Waals surface area contributed by atoms with Crippen molar-refractivity contribution in [2.75, 3.05) is 32.7 Å². The highest BCUT2D eigenvalue weighted by Crippen LogP contribution is 2.53. The molecule has 3 fully saturated rings. The molecule has 1 N–H and O–H groups in total. The number of carboxylic acid groups (broad SMARTS) is 1. The molecule has 1 amide bonds. The van der Waals surface area contributed by atoms with Gasteiger partial charge in [-0.2, -0.15) is 0 Å². The predicted octanol–water partition coefficient (Wildman–Crippen LogP) is 5.73. The van der Waals surface area contributed by atoms with Crippen LogP contribution < -0.4 is 0 Å². The number of amides is 1. The first-order valence-electron chi connectivity index (χ1n) is 13.1. The van der Waals surface area contributed by atoms with Crippen LogP contribution in [0.4, 0.5) is 9.18 Å². The Bertz CT molecular complexity index is 1020. The van der Waals surface area contributed by atoms with Gasteiger partial charge in [0.15, 0.2) is 0 Å². The second-order valence-electron chi connectivity index (χ2n) is 11.2. The van der Waals surface area contributed by atoms with Gasteiger partial charge in [0.2, 0.25) is 0 Å². The highest BCUT2D eigenvalue weighted by Gasteiger charge is 2.50. The lowest BCUT2D eigenvalue weighted by molar-refractivity contribution is -0.0749. The molecule has 35 heavy (non-hydrogen) atoms. The van der Waals surface area contributed by atoms with Crippen LogP contribution >= 0.6 is 0 Å². The van der Waals surface area contributed by atoms with E-state index in [1.54, 1.807) is 17.0 Å². The maximum Gasteiger partial charge on any atom is 0.407 e. The number of likely N-dealkylation sites (tertiary alicyclic amines) is 1. The summed E-state index contributed by atoms with van der Waals surface area (Å²) in [4.78, 5) is 18.2. The Labute approximate surface area is 208 Å². The molecule has 0 bridgehead atoms. The Morgan fingerprint density at radius 3 is 2.37 bits per heavy atom. The summed E-state index contributed by atoms with van der Waals surface area (Å²) >= 11 is 0. The van der Waals surface area contributed by atoms with Crippen molar-refractivity contribution >= 4 is 6.09 Å². The molecule has 6 heteroatoms. The summed E-state index contributed by atoms with van der Waals surface area (Å²) in [5, 5.41) is 9.33. The second kappa shape index (κ2) is 9.90. The van der Waals surface area contributed by atoms with Crippen molar-refractivity contribution in [1.82, 2.24) is 14.7 Å².